The Morgan fingerprint density at radius 1 is 0.818 bits per heavy atom. The Hall–Kier alpha value is -5.44. The molecule has 4 rings (SSSR count). The molecule has 0 fully saturated rings. The number of amides is 1. The molecular weight excluding hydrogens is 631 g/mol. The summed E-state index contributed by atoms with van der Waals surface area (Å²) >= 11 is 0. The summed E-state index contributed by atoms with van der Waals surface area (Å²) in [5.74, 6) is -1.36. The fourth-order valence-electron chi connectivity index (χ4n) is 4.07. The molecule has 228 valence electrons. The van der Waals surface area contributed by atoms with E-state index in [1.165, 1.54) is 25.1 Å². The van der Waals surface area contributed by atoms with Crippen LogP contribution in [-0.4, -0.2) is 42.2 Å². The predicted octanol–water partition coefficient (Wildman–Crippen LogP) is 5.32. The molecule has 44 heavy (non-hydrogen) atoms. The summed E-state index contributed by atoms with van der Waals surface area (Å²) in [6.45, 7) is 1.49. The number of nitro groups is 2. The minimum Gasteiger partial charge on any atom is -0.350 e. The van der Waals surface area contributed by atoms with Crippen LogP contribution in [0.15, 0.2) is 74.6 Å². The molecule has 4 N–H and O–H groups in total. The lowest BCUT2D eigenvalue weighted by atomic mass is 10.1. The number of hydrogen-bond donors (Lipinski definition) is 4. The van der Waals surface area contributed by atoms with Crippen LogP contribution >= 0.6 is 0 Å². The quantitative estimate of drug-likeness (QED) is 0.0559. The summed E-state index contributed by atoms with van der Waals surface area (Å²) in [5, 5.41) is 34.7. The topological polar surface area (TPSA) is 261 Å². The first kappa shape index (κ1) is 31.5. The third kappa shape index (κ3) is 6.62. The predicted molar refractivity (Wildman–Crippen MR) is 152 cm³/mol. The van der Waals surface area contributed by atoms with Crippen LogP contribution in [0.3, 0.4) is 0 Å². The Labute approximate surface area is 245 Å². The Kier molecular flexibility index (Phi) is 8.36. The maximum atomic E-state index is 14.2. The summed E-state index contributed by atoms with van der Waals surface area (Å²) in [6.07, 6.45) is 0.215. The van der Waals surface area contributed by atoms with Crippen molar-refractivity contribution in [3.05, 3.63) is 86.2 Å². The number of benzene rings is 4. The molecule has 4 aromatic carbocycles. The second kappa shape index (κ2) is 11.7. The van der Waals surface area contributed by atoms with Crippen molar-refractivity contribution in [3.63, 3.8) is 0 Å². The van der Waals surface area contributed by atoms with Crippen LogP contribution in [0.2, 0.25) is 0 Å². The van der Waals surface area contributed by atoms with Gasteiger partial charge in [0.25, 0.3) is 25.9 Å². The van der Waals surface area contributed by atoms with E-state index in [4.69, 9.17) is 0 Å². The average molecular weight is 649 g/mol. The second-order valence-electron chi connectivity index (χ2n) is 8.91. The molecule has 0 aliphatic heterocycles. The van der Waals surface area contributed by atoms with Gasteiger partial charge in [0.1, 0.15) is 26.9 Å². The molecule has 0 saturated carbocycles. The number of nitrogens with one attached hydrogen (secondary N) is 2. The van der Waals surface area contributed by atoms with Gasteiger partial charge in [0, 0.05) is 17.1 Å². The largest absolute Gasteiger partial charge is 0.350 e. The summed E-state index contributed by atoms with van der Waals surface area (Å²) < 4.78 is 81.9. The number of rotatable bonds is 10. The van der Waals surface area contributed by atoms with Crippen molar-refractivity contribution in [2.24, 2.45) is 10.2 Å². The number of carbonyl (C=O) groups excluding carboxylic acids is 1. The van der Waals surface area contributed by atoms with Gasteiger partial charge in [0.05, 0.1) is 21.6 Å². The highest BCUT2D eigenvalue weighted by Gasteiger charge is 2.25. The zero-order chi connectivity index (χ0) is 32.6. The van der Waals surface area contributed by atoms with E-state index in [9.17, 15) is 55.4 Å². The van der Waals surface area contributed by atoms with Crippen LogP contribution in [0.4, 0.5) is 44.2 Å². The van der Waals surface area contributed by atoms with Crippen molar-refractivity contribution in [2.45, 2.75) is 16.7 Å². The minimum atomic E-state index is -4.95. The van der Waals surface area contributed by atoms with E-state index in [0.717, 1.165) is 24.3 Å². The van der Waals surface area contributed by atoms with Gasteiger partial charge in [-0.1, -0.05) is 6.07 Å². The first-order valence-corrected chi connectivity index (χ1v) is 14.6. The van der Waals surface area contributed by atoms with Crippen LogP contribution in [0.25, 0.3) is 10.8 Å². The van der Waals surface area contributed by atoms with Gasteiger partial charge in [-0.3, -0.25) is 34.1 Å². The van der Waals surface area contributed by atoms with E-state index < -0.39 is 68.4 Å². The van der Waals surface area contributed by atoms with E-state index in [0.29, 0.717) is 17.7 Å². The summed E-state index contributed by atoms with van der Waals surface area (Å²) in [5.41, 5.74) is -2.90. The highest BCUT2D eigenvalue weighted by atomic mass is 32.2. The number of hydrogen-bond acceptors (Lipinski definition) is 12. The van der Waals surface area contributed by atoms with E-state index in [1.54, 1.807) is 0 Å². The molecule has 0 saturated heterocycles. The van der Waals surface area contributed by atoms with Gasteiger partial charge in [-0.25, -0.2) is 0 Å². The fraction of sp³-hybridized carbons (Fsp3) is 0.0417. The molecule has 0 aromatic heterocycles. The lowest BCUT2D eigenvalue weighted by Crippen LogP contribution is -2.02. The normalized spacial score (nSPS) is 11.9. The molecule has 1 amide bonds. The third-order valence-corrected chi connectivity index (χ3v) is 7.68. The molecule has 20 heteroatoms. The van der Waals surface area contributed by atoms with E-state index in [-0.39, 0.29) is 34.2 Å². The summed E-state index contributed by atoms with van der Waals surface area (Å²) in [7, 11) is -9.74. The number of anilines is 3. The average Bonchev–Trinajstić information content (AvgIpc) is 2.90. The van der Waals surface area contributed by atoms with Gasteiger partial charge in [0.15, 0.2) is 0 Å². The van der Waals surface area contributed by atoms with Gasteiger partial charge in [-0.15, -0.1) is 10.2 Å². The number of fused-ring (bicyclic) bond motifs is 1. The number of nitro benzene ring substituents is 2. The Balaban J connectivity index is 1.82. The highest BCUT2D eigenvalue weighted by molar-refractivity contribution is 7.86. The summed E-state index contributed by atoms with van der Waals surface area (Å²) in [4.78, 5) is 30.2. The fourth-order valence-corrected chi connectivity index (χ4v) is 5.50. The molecule has 0 atom stereocenters. The SMILES string of the molecule is Cc1cc(S(=O)(=O)O)c2cc(N=Nc3ccc(Nc4cc(F)c([N+](=O)[O-])cc4[N+](=O)[O-])cc3NC=O)c(S(=O)(=O)O)cc2c1. The van der Waals surface area contributed by atoms with Crippen molar-refractivity contribution in [1.29, 1.82) is 0 Å². The van der Waals surface area contributed by atoms with E-state index in [2.05, 4.69) is 20.9 Å². The molecule has 17 nitrogen and oxygen atoms in total. The molecule has 0 unspecified atom stereocenters. The summed E-state index contributed by atoms with van der Waals surface area (Å²) in [6, 6.07) is 8.96. The monoisotopic (exact) mass is 648 g/mol. The molecule has 0 aliphatic carbocycles. The maximum absolute atomic E-state index is 14.2. The number of halogens is 1. The molecule has 4 aromatic rings. The number of carbonyl (C=O) groups is 1. The van der Waals surface area contributed by atoms with Crippen LogP contribution in [-0.2, 0) is 25.0 Å². The maximum Gasteiger partial charge on any atom is 0.311 e. The molecule has 0 radical (unpaired) electrons. The van der Waals surface area contributed by atoms with Crippen molar-refractivity contribution >= 4 is 77.2 Å². The lowest BCUT2D eigenvalue weighted by Gasteiger charge is -2.11. The number of azo groups is 1. The highest BCUT2D eigenvalue weighted by Crippen LogP contribution is 2.38. The minimum absolute atomic E-state index is 0.00199. The standard InChI is InChI=1S/C24H17FN6O11S2/c1-12-4-13-6-24(44(40,41)42)20(8-15(13)23(5-12)43(37,38)39)29-28-17-3-2-14(7-18(17)26-11-32)27-19-9-16(25)21(30(33)34)10-22(19)31(35)36/h2-11,27H,1H3,(H,26,32)(H,37,38,39)(H,40,41,42). The first-order chi connectivity index (χ1) is 20.5. The van der Waals surface area contributed by atoms with E-state index >= 15 is 0 Å². The van der Waals surface area contributed by atoms with Crippen LogP contribution in [0, 0.1) is 33.0 Å². The lowest BCUT2D eigenvalue weighted by molar-refractivity contribution is -0.395. The zero-order valence-electron chi connectivity index (χ0n) is 21.8. The Morgan fingerprint density at radius 3 is 2.05 bits per heavy atom. The molecule has 0 spiro atoms. The molecule has 0 aliphatic rings. The van der Waals surface area contributed by atoms with Gasteiger partial charge >= 0.3 is 5.69 Å². The van der Waals surface area contributed by atoms with Gasteiger partial charge < -0.3 is 10.6 Å². The number of aryl methyl sites for hydroxylation is 1. The Bertz CT molecular complexity index is 2140. The van der Waals surface area contributed by atoms with Crippen LogP contribution < -0.4 is 10.6 Å². The van der Waals surface area contributed by atoms with Gasteiger partial charge in [-0.05, 0) is 54.3 Å². The van der Waals surface area contributed by atoms with Crippen molar-refractivity contribution in [1.82, 2.24) is 0 Å². The molecule has 0 bridgehead atoms. The number of nitrogens with zero attached hydrogens (tertiary/aromatic N) is 4. The van der Waals surface area contributed by atoms with Crippen molar-refractivity contribution in [3.8, 4) is 0 Å². The Morgan fingerprint density at radius 2 is 1.45 bits per heavy atom. The van der Waals surface area contributed by atoms with Gasteiger partial charge in [0.2, 0.25) is 12.2 Å². The van der Waals surface area contributed by atoms with Crippen LogP contribution in [0.5, 0.6) is 0 Å². The third-order valence-electron chi connectivity index (χ3n) is 5.91. The van der Waals surface area contributed by atoms with Gasteiger partial charge in [-0.2, -0.15) is 21.2 Å². The second-order valence-corrected chi connectivity index (χ2v) is 11.7. The van der Waals surface area contributed by atoms with Crippen molar-refractivity contribution in [2.75, 3.05) is 10.6 Å². The zero-order valence-corrected chi connectivity index (χ0v) is 23.5. The van der Waals surface area contributed by atoms with Crippen molar-refractivity contribution < 1.29 is 45.0 Å². The first-order valence-electron chi connectivity index (χ1n) is 11.7. The van der Waals surface area contributed by atoms with Crippen LogP contribution in [0.1, 0.15) is 5.56 Å². The smallest absolute Gasteiger partial charge is 0.311 e. The molecule has 0 heterocycles. The molecular formula is C24H17FN6O11S2. The van der Waals surface area contributed by atoms with E-state index in [1.807, 2.05) is 0 Å².